The number of amidine groups is 1. The standard InChI is InChI=1S/C16H21N5O/c17-12(11-3-1-2-4-14(11)22)9-13-15(18)16(19)21(13)10-5-7-20-8-6-10/h1-4,9-10,20H,5-8,18H2,(H4,17,19,22)/p+1. The summed E-state index contributed by atoms with van der Waals surface area (Å²) in [7, 11) is 0. The fourth-order valence-electron chi connectivity index (χ4n) is 3.02. The summed E-state index contributed by atoms with van der Waals surface area (Å²) >= 11 is 0. The maximum absolute atomic E-state index is 9.90. The lowest BCUT2D eigenvalue weighted by Crippen LogP contribution is -2.50. The molecule has 0 bridgehead atoms. The molecule has 22 heavy (non-hydrogen) atoms. The Labute approximate surface area is 129 Å². The van der Waals surface area contributed by atoms with Crippen molar-refractivity contribution in [2.24, 2.45) is 17.2 Å². The van der Waals surface area contributed by atoms with Crippen LogP contribution in [0.2, 0.25) is 0 Å². The number of piperidine rings is 1. The molecule has 2 heterocycles. The number of nitrogens with zero attached hydrogens (tertiary/aromatic N) is 1. The van der Waals surface area contributed by atoms with E-state index < -0.39 is 0 Å². The molecular weight excluding hydrogens is 278 g/mol. The Kier molecular flexibility index (Phi) is 3.77. The zero-order valence-electron chi connectivity index (χ0n) is 12.4. The first-order chi connectivity index (χ1) is 10.6. The van der Waals surface area contributed by atoms with E-state index in [0.717, 1.165) is 31.6 Å². The van der Waals surface area contributed by atoms with Crippen molar-refractivity contribution in [1.29, 1.82) is 0 Å². The smallest absolute Gasteiger partial charge is 0.301 e. The van der Waals surface area contributed by atoms with E-state index in [0.29, 0.717) is 28.8 Å². The van der Waals surface area contributed by atoms with E-state index in [4.69, 9.17) is 17.2 Å². The number of hydrogen-bond donors (Lipinski definition) is 5. The number of nitrogens with one attached hydrogen (secondary N) is 1. The highest BCUT2D eigenvalue weighted by Crippen LogP contribution is 2.27. The van der Waals surface area contributed by atoms with Gasteiger partial charge in [-0.25, -0.2) is 4.58 Å². The largest absolute Gasteiger partial charge is 0.507 e. The summed E-state index contributed by atoms with van der Waals surface area (Å²) in [6.45, 7) is 1.95. The molecule has 0 atom stereocenters. The second-order valence-electron chi connectivity index (χ2n) is 5.65. The third-order valence-electron chi connectivity index (χ3n) is 4.25. The van der Waals surface area contributed by atoms with Crippen molar-refractivity contribution in [1.82, 2.24) is 5.32 Å². The van der Waals surface area contributed by atoms with Gasteiger partial charge in [0.15, 0.2) is 11.4 Å². The number of para-hydroxylation sites is 1. The van der Waals surface area contributed by atoms with Gasteiger partial charge in [0.2, 0.25) is 0 Å². The molecule has 1 aromatic carbocycles. The quantitative estimate of drug-likeness (QED) is 0.504. The van der Waals surface area contributed by atoms with Crippen molar-refractivity contribution in [3.8, 4) is 5.75 Å². The van der Waals surface area contributed by atoms with E-state index in [9.17, 15) is 5.11 Å². The van der Waals surface area contributed by atoms with Gasteiger partial charge in [0.1, 0.15) is 11.8 Å². The first kappa shape index (κ1) is 14.5. The topological polar surface area (TPSA) is 113 Å². The van der Waals surface area contributed by atoms with Gasteiger partial charge in [0.25, 0.3) is 0 Å². The molecule has 1 fully saturated rings. The van der Waals surface area contributed by atoms with Gasteiger partial charge in [-0.2, -0.15) is 0 Å². The number of aromatic hydroxyl groups is 1. The van der Waals surface area contributed by atoms with Crippen LogP contribution in [0.3, 0.4) is 0 Å². The third kappa shape index (κ3) is 2.42. The lowest BCUT2D eigenvalue weighted by atomic mass is 10.00. The summed E-state index contributed by atoms with van der Waals surface area (Å²) < 4.78 is 2.06. The van der Waals surface area contributed by atoms with Crippen LogP contribution in [0.1, 0.15) is 18.4 Å². The molecule has 1 saturated heterocycles. The molecule has 0 radical (unpaired) electrons. The van der Waals surface area contributed by atoms with E-state index in [1.54, 1.807) is 24.3 Å². The predicted molar refractivity (Wildman–Crippen MR) is 86.8 cm³/mol. The van der Waals surface area contributed by atoms with Crippen LogP contribution in [-0.4, -0.2) is 34.6 Å². The summed E-state index contributed by atoms with van der Waals surface area (Å²) in [5.74, 6) is 0.767. The van der Waals surface area contributed by atoms with Crippen LogP contribution in [-0.2, 0) is 0 Å². The van der Waals surface area contributed by atoms with Crippen LogP contribution in [0.25, 0.3) is 5.70 Å². The molecule has 0 unspecified atom stereocenters. The molecule has 116 valence electrons. The maximum Gasteiger partial charge on any atom is 0.301 e. The molecule has 1 aromatic rings. The van der Waals surface area contributed by atoms with Crippen LogP contribution in [0.4, 0.5) is 0 Å². The first-order valence-corrected chi connectivity index (χ1v) is 7.47. The summed E-state index contributed by atoms with van der Waals surface area (Å²) in [5.41, 5.74) is 20.7. The normalized spacial score (nSPS) is 20.3. The number of allylic oxidation sites excluding steroid dienone is 1. The minimum absolute atomic E-state index is 0.153. The zero-order chi connectivity index (χ0) is 15.7. The van der Waals surface area contributed by atoms with E-state index >= 15 is 0 Å². The highest BCUT2D eigenvalue weighted by atomic mass is 16.3. The van der Waals surface area contributed by atoms with Crippen LogP contribution < -0.4 is 22.5 Å². The maximum atomic E-state index is 9.90. The zero-order valence-corrected chi connectivity index (χ0v) is 12.4. The first-order valence-electron chi connectivity index (χ1n) is 7.47. The van der Waals surface area contributed by atoms with Gasteiger partial charge in [-0.1, -0.05) is 12.1 Å². The molecule has 2 aliphatic heterocycles. The number of phenolic OH excluding ortho intramolecular Hbond substituents is 1. The highest BCUT2D eigenvalue weighted by molar-refractivity contribution is 5.97. The van der Waals surface area contributed by atoms with Gasteiger partial charge in [0, 0.05) is 30.2 Å². The van der Waals surface area contributed by atoms with Crippen LogP contribution >= 0.6 is 0 Å². The van der Waals surface area contributed by atoms with Crippen molar-refractivity contribution < 1.29 is 9.68 Å². The van der Waals surface area contributed by atoms with Crippen molar-refractivity contribution in [3.05, 3.63) is 47.3 Å². The number of hydrogen-bond acceptors (Lipinski definition) is 5. The number of nitrogens with two attached hydrogens (primary N) is 3. The Hall–Kier alpha value is -2.47. The average molecular weight is 300 g/mol. The monoisotopic (exact) mass is 300 g/mol. The van der Waals surface area contributed by atoms with Gasteiger partial charge < -0.3 is 21.9 Å². The predicted octanol–water partition coefficient (Wildman–Crippen LogP) is -0.00260. The minimum Gasteiger partial charge on any atom is -0.507 e. The fourth-order valence-corrected chi connectivity index (χ4v) is 3.02. The van der Waals surface area contributed by atoms with Crippen LogP contribution in [0.5, 0.6) is 5.75 Å². The number of benzene rings is 1. The lowest BCUT2D eigenvalue weighted by Gasteiger charge is -2.30. The third-order valence-corrected chi connectivity index (χ3v) is 4.25. The van der Waals surface area contributed by atoms with E-state index in [1.165, 1.54) is 0 Å². The Morgan fingerprint density at radius 2 is 1.91 bits per heavy atom. The average Bonchev–Trinajstić information content (AvgIpc) is 2.55. The van der Waals surface area contributed by atoms with Crippen LogP contribution in [0.15, 0.2) is 41.7 Å². The molecule has 8 N–H and O–H groups in total. The molecule has 0 aliphatic carbocycles. The molecule has 2 aliphatic rings. The molecule has 0 amide bonds. The van der Waals surface area contributed by atoms with Gasteiger partial charge in [-0.15, -0.1) is 0 Å². The Bertz CT molecular complexity index is 684. The summed E-state index contributed by atoms with van der Waals surface area (Å²) in [4.78, 5) is 0. The molecule has 0 aromatic heterocycles. The second-order valence-corrected chi connectivity index (χ2v) is 5.65. The molecule has 3 rings (SSSR count). The Morgan fingerprint density at radius 1 is 1.23 bits per heavy atom. The summed E-state index contributed by atoms with van der Waals surface area (Å²) in [6.07, 6.45) is 3.83. The molecule has 0 spiro atoms. The fraction of sp³-hybridized carbons (Fsp3) is 0.312. The van der Waals surface area contributed by atoms with Gasteiger partial charge in [-0.05, 0) is 25.2 Å². The van der Waals surface area contributed by atoms with Crippen molar-refractivity contribution in [3.63, 3.8) is 0 Å². The van der Waals surface area contributed by atoms with E-state index in [-0.39, 0.29) is 5.75 Å². The Morgan fingerprint density at radius 3 is 2.59 bits per heavy atom. The number of phenols is 1. The van der Waals surface area contributed by atoms with Gasteiger partial charge in [0.05, 0.1) is 0 Å². The van der Waals surface area contributed by atoms with Crippen molar-refractivity contribution in [2.45, 2.75) is 18.9 Å². The second kappa shape index (κ2) is 5.73. The molecular formula is C16H22N5O+. The SMILES string of the molecule is NC1=C(/C=C(\N)c2ccccc2O)[N+](C2CCNCC2)=C1N. The molecule has 6 nitrogen and oxygen atoms in total. The lowest BCUT2D eigenvalue weighted by molar-refractivity contribution is -0.530. The minimum atomic E-state index is 0.153. The summed E-state index contributed by atoms with van der Waals surface area (Å²) in [6, 6.07) is 7.32. The summed E-state index contributed by atoms with van der Waals surface area (Å²) in [5, 5.41) is 13.2. The Balaban J connectivity index is 1.88. The molecule has 6 heteroatoms. The van der Waals surface area contributed by atoms with E-state index in [2.05, 4.69) is 9.89 Å². The highest BCUT2D eigenvalue weighted by Gasteiger charge is 2.36. The van der Waals surface area contributed by atoms with Gasteiger partial charge >= 0.3 is 5.84 Å². The van der Waals surface area contributed by atoms with Crippen molar-refractivity contribution >= 4 is 11.5 Å². The molecule has 0 saturated carbocycles. The van der Waals surface area contributed by atoms with E-state index in [1.807, 2.05) is 6.07 Å². The number of rotatable bonds is 3. The van der Waals surface area contributed by atoms with Gasteiger partial charge in [-0.3, -0.25) is 5.73 Å². The van der Waals surface area contributed by atoms with Crippen molar-refractivity contribution in [2.75, 3.05) is 13.1 Å². The van der Waals surface area contributed by atoms with Crippen LogP contribution in [0, 0.1) is 0 Å².